The summed E-state index contributed by atoms with van der Waals surface area (Å²) in [6.45, 7) is 0.981. The van der Waals surface area contributed by atoms with Crippen molar-refractivity contribution in [3.05, 3.63) is 34.6 Å². The summed E-state index contributed by atoms with van der Waals surface area (Å²) in [5, 5.41) is 3.52. The van der Waals surface area contributed by atoms with E-state index < -0.39 is 0 Å². The molecule has 0 radical (unpaired) electrons. The first-order chi connectivity index (χ1) is 6.74. The first kappa shape index (κ1) is 11.5. The maximum absolute atomic E-state index is 13.3. The molecule has 0 fully saturated rings. The zero-order valence-electron chi connectivity index (χ0n) is 8.32. The van der Waals surface area contributed by atoms with Crippen LogP contribution in [0.15, 0.2) is 18.2 Å². The molecule has 1 aromatic rings. The third-order valence-electron chi connectivity index (χ3n) is 2.14. The van der Waals surface area contributed by atoms with Crippen LogP contribution in [-0.4, -0.2) is 13.6 Å². The van der Waals surface area contributed by atoms with Gasteiger partial charge in [-0.3, -0.25) is 0 Å². The van der Waals surface area contributed by atoms with E-state index in [2.05, 4.69) is 5.32 Å². The molecule has 0 aliphatic rings. The third kappa shape index (κ3) is 3.64. The molecule has 0 amide bonds. The first-order valence-corrected chi connectivity index (χ1v) is 5.20. The highest BCUT2D eigenvalue weighted by atomic mass is 35.5. The van der Waals surface area contributed by atoms with Gasteiger partial charge < -0.3 is 5.32 Å². The fourth-order valence-corrected chi connectivity index (χ4v) is 1.50. The van der Waals surface area contributed by atoms with Crippen molar-refractivity contribution in [2.24, 2.45) is 0 Å². The highest BCUT2D eigenvalue weighted by Gasteiger charge is 2.01. The van der Waals surface area contributed by atoms with Gasteiger partial charge in [-0.2, -0.15) is 0 Å². The van der Waals surface area contributed by atoms with Gasteiger partial charge in [0, 0.05) is 5.02 Å². The second kappa shape index (κ2) is 5.99. The molecule has 1 nitrogen and oxygen atoms in total. The topological polar surface area (TPSA) is 12.0 Å². The van der Waals surface area contributed by atoms with Crippen LogP contribution in [0.25, 0.3) is 0 Å². The van der Waals surface area contributed by atoms with E-state index in [0.29, 0.717) is 5.02 Å². The average molecular weight is 216 g/mol. The smallest absolute Gasteiger partial charge is 0.127 e. The number of unbranched alkanes of at least 4 members (excludes halogenated alkanes) is 1. The number of nitrogens with one attached hydrogen (secondary N) is 1. The minimum absolute atomic E-state index is 0.193. The van der Waals surface area contributed by atoms with Crippen LogP contribution in [0.4, 0.5) is 4.39 Å². The molecule has 14 heavy (non-hydrogen) atoms. The van der Waals surface area contributed by atoms with E-state index in [1.807, 2.05) is 7.05 Å². The van der Waals surface area contributed by atoms with Gasteiger partial charge in [0.15, 0.2) is 0 Å². The van der Waals surface area contributed by atoms with E-state index in [-0.39, 0.29) is 5.82 Å². The van der Waals surface area contributed by atoms with Crippen molar-refractivity contribution in [1.82, 2.24) is 5.32 Å². The van der Waals surface area contributed by atoms with Crippen molar-refractivity contribution in [2.45, 2.75) is 19.3 Å². The maximum atomic E-state index is 13.3. The Bertz CT molecular complexity index is 289. The fraction of sp³-hybridized carbons (Fsp3) is 0.455. The van der Waals surface area contributed by atoms with Gasteiger partial charge in [-0.1, -0.05) is 17.7 Å². The molecule has 0 aliphatic heterocycles. The quantitative estimate of drug-likeness (QED) is 0.745. The molecule has 78 valence electrons. The zero-order chi connectivity index (χ0) is 10.4. The van der Waals surface area contributed by atoms with Gasteiger partial charge in [0.05, 0.1) is 0 Å². The minimum Gasteiger partial charge on any atom is -0.320 e. The molecule has 1 aromatic carbocycles. The predicted molar refractivity (Wildman–Crippen MR) is 58.3 cm³/mol. The predicted octanol–water partition coefficient (Wildman–Crippen LogP) is 3.02. The lowest BCUT2D eigenvalue weighted by atomic mass is 10.1. The molecule has 0 atom stereocenters. The molecular formula is C11H15ClFN. The Morgan fingerprint density at radius 2 is 2.14 bits per heavy atom. The Kier molecular flexibility index (Phi) is 4.91. The van der Waals surface area contributed by atoms with Crippen LogP contribution in [0.5, 0.6) is 0 Å². The summed E-state index contributed by atoms with van der Waals surface area (Å²) in [6.07, 6.45) is 2.85. The Balaban J connectivity index is 2.42. The Labute approximate surface area is 89.3 Å². The molecule has 0 aromatic heterocycles. The maximum Gasteiger partial charge on any atom is 0.127 e. The fourth-order valence-electron chi connectivity index (χ4n) is 1.34. The van der Waals surface area contributed by atoms with Crippen molar-refractivity contribution in [3.8, 4) is 0 Å². The Morgan fingerprint density at radius 1 is 1.36 bits per heavy atom. The highest BCUT2D eigenvalue weighted by Crippen LogP contribution is 2.16. The summed E-state index contributed by atoms with van der Waals surface area (Å²) >= 11 is 5.65. The molecule has 0 saturated heterocycles. The van der Waals surface area contributed by atoms with Crippen LogP contribution in [0, 0.1) is 5.82 Å². The molecule has 0 bridgehead atoms. The van der Waals surface area contributed by atoms with E-state index >= 15 is 0 Å². The SMILES string of the molecule is CNCCCCc1ccc(Cl)cc1F. The van der Waals surface area contributed by atoms with Crippen molar-refractivity contribution in [1.29, 1.82) is 0 Å². The number of benzene rings is 1. The lowest BCUT2D eigenvalue weighted by Crippen LogP contribution is -2.07. The van der Waals surface area contributed by atoms with Gasteiger partial charge >= 0.3 is 0 Å². The molecular weight excluding hydrogens is 201 g/mol. The van der Waals surface area contributed by atoms with Crippen molar-refractivity contribution in [3.63, 3.8) is 0 Å². The lowest BCUT2D eigenvalue weighted by molar-refractivity contribution is 0.596. The second-order valence-electron chi connectivity index (χ2n) is 3.30. The Hall–Kier alpha value is -0.600. The summed E-state index contributed by atoms with van der Waals surface area (Å²) < 4.78 is 13.3. The number of aryl methyl sites for hydroxylation is 1. The number of hydrogen-bond acceptors (Lipinski definition) is 1. The standard InChI is InChI=1S/C11H15ClFN/c1-14-7-3-2-4-9-5-6-10(12)8-11(9)13/h5-6,8,14H,2-4,7H2,1H3. The molecule has 0 unspecified atom stereocenters. The molecule has 0 aliphatic carbocycles. The van der Waals surface area contributed by atoms with Gasteiger partial charge in [0.25, 0.3) is 0 Å². The van der Waals surface area contributed by atoms with E-state index in [4.69, 9.17) is 11.6 Å². The number of rotatable bonds is 5. The summed E-state index contributed by atoms with van der Waals surface area (Å²) in [7, 11) is 1.92. The Morgan fingerprint density at radius 3 is 2.79 bits per heavy atom. The molecule has 0 heterocycles. The summed E-state index contributed by atoms with van der Waals surface area (Å²) in [6, 6.07) is 4.87. The van der Waals surface area contributed by atoms with Gasteiger partial charge in [-0.15, -0.1) is 0 Å². The van der Waals surface area contributed by atoms with Crippen LogP contribution in [0.2, 0.25) is 5.02 Å². The van der Waals surface area contributed by atoms with Gasteiger partial charge in [-0.05, 0) is 50.6 Å². The van der Waals surface area contributed by atoms with Gasteiger partial charge in [0.2, 0.25) is 0 Å². The molecule has 0 saturated carbocycles. The molecule has 3 heteroatoms. The largest absolute Gasteiger partial charge is 0.320 e. The number of hydrogen-bond donors (Lipinski definition) is 1. The van der Waals surface area contributed by atoms with Crippen LogP contribution < -0.4 is 5.32 Å². The van der Waals surface area contributed by atoms with E-state index in [1.54, 1.807) is 12.1 Å². The first-order valence-electron chi connectivity index (χ1n) is 4.82. The molecule has 0 spiro atoms. The van der Waals surface area contributed by atoms with Gasteiger partial charge in [-0.25, -0.2) is 4.39 Å². The summed E-state index contributed by atoms with van der Waals surface area (Å²) in [5.74, 6) is -0.193. The minimum atomic E-state index is -0.193. The van der Waals surface area contributed by atoms with Crippen LogP contribution in [0.3, 0.4) is 0 Å². The van der Waals surface area contributed by atoms with E-state index in [0.717, 1.165) is 31.4 Å². The second-order valence-corrected chi connectivity index (χ2v) is 3.73. The zero-order valence-corrected chi connectivity index (χ0v) is 9.07. The van der Waals surface area contributed by atoms with E-state index in [1.165, 1.54) is 6.07 Å². The third-order valence-corrected chi connectivity index (χ3v) is 2.37. The highest BCUT2D eigenvalue weighted by molar-refractivity contribution is 6.30. The van der Waals surface area contributed by atoms with Crippen LogP contribution in [0.1, 0.15) is 18.4 Å². The average Bonchev–Trinajstić information content (AvgIpc) is 2.15. The van der Waals surface area contributed by atoms with Gasteiger partial charge in [0.1, 0.15) is 5.82 Å². The summed E-state index contributed by atoms with van der Waals surface area (Å²) in [5.41, 5.74) is 0.755. The van der Waals surface area contributed by atoms with Crippen LogP contribution in [-0.2, 0) is 6.42 Å². The lowest BCUT2D eigenvalue weighted by Gasteiger charge is -2.03. The normalized spacial score (nSPS) is 10.5. The van der Waals surface area contributed by atoms with Crippen molar-refractivity contribution in [2.75, 3.05) is 13.6 Å². The van der Waals surface area contributed by atoms with Crippen molar-refractivity contribution >= 4 is 11.6 Å². The number of halogens is 2. The molecule has 1 rings (SSSR count). The van der Waals surface area contributed by atoms with E-state index in [9.17, 15) is 4.39 Å². The van der Waals surface area contributed by atoms with Crippen molar-refractivity contribution < 1.29 is 4.39 Å². The summed E-state index contributed by atoms with van der Waals surface area (Å²) in [4.78, 5) is 0. The van der Waals surface area contributed by atoms with Crippen LogP contribution >= 0.6 is 11.6 Å². The molecule has 1 N–H and O–H groups in total. The monoisotopic (exact) mass is 215 g/mol.